The highest BCUT2D eigenvalue weighted by atomic mass is 79.9. The third kappa shape index (κ3) is 5.03. The van der Waals surface area contributed by atoms with Gasteiger partial charge in [0, 0.05) is 10.2 Å². The fraction of sp³-hybridized carbons (Fsp3) is 0.118. The van der Waals surface area contributed by atoms with Gasteiger partial charge >= 0.3 is 11.8 Å². The Hall–Kier alpha value is -2.47. The van der Waals surface area contributed by atoms with E-state index in [-0.39, 0.29) is 0 Å². The van der Waals surface area contributed by atoms with Crippen LogP contribution in [0.25, 0.3) is 0 Å². The molecule has 2 amide bonds. The third-order valence-electron chi connectivity index (χ3n) is 3.10. The van der Waals surface area contributed by atoms with E-state index in [0.29, 0.717) is 5.69 Å². The number of carbonyl (C=O) groups is 2. The normalized spacial score (nSPS) is 10.6. The van der Waals surface area contributed by atoms with Crippen molar-refractivity contribution in [2.24, 2.45) is 5.10 Å². The number of hydrogen-bond donors (Lipinski definition) is 2. The molecule has 0 unspecified atom stereocenters. The molecule has 0 aliphatic rings. The maximum absolute atomic E-state index is 11.9. The number of nitrogens with zero attached hydrogens (tertiary/aromatic N) is 1. The molecule has 0 aliphatic heterocycles. The molecule has 0 aromatic heterocycles. The molecule has 118 valence electrons. The fourth-order valence-corrected chi connectivity index (χ4v) is 2.08. The zero-order valence-electron chi connectivity index (χ0n) is 12.8. The van der Waals surface area contributed by atoms with Crippen molar-refractivity contribution in [3.8, 4) is 0 Å². The summed E-state index contributed by atoms with van der Waals surface area (Å²) in [4.78, 5) is 23.6. The molecule has 23 heavy (non-hydrogen) atoms. The van der Waals surface area contributed by atoms with Gasteiger partial charge in [-0.1, -0.05) is 40.2 Å². The summed E-state index contributed by atoms with van der Waals surface area (Å²) in [7, 11) is 0. The molecule has 2 rings (SSSR count). The first-order valence-electron chi connectivity index (χ1n) is 6.93. The Morgan fingerprint density at radius 3 is 2.43 bits per heavy atom. The molecule has 2 aromatic carbocycles. The Labute approximate surface area is 142 Å². The van der Waals surface area contributed by atoms with Crippen LogP contribution in [0.2, 0.25) is 0 Å². The number of nitrogens with one attached hydrogen (secondary N) is 2. The lowest BCUT2D eigenvalue weighted by molar-refractivity contribution is -0.136. The zero-order valence-corrected chi connectivity index (χ0v) is 14.3. The van der Waals surface area contributed by atoms with Gasteiger partial charge in [0.2, 0.25) is 0 Å². The van der Waals surface area contributed by atoms with Crippen molar-refractivity contribution in [1.29, 1.82) is 0 Å². The van der Waals surface area contributed by atoms with E-state index in [1.807, 2.05) is 56.3 Å². The van der Waals surface area contributed by atoms with Crippen LogP contribution in [0.15, 0.2) is 52.0 Å². The van der Waals surface area contributed by atoms with Gasteiger partial charge in [-0.2, -0.15) is 5.10 Å². The molecule has 0 radical (unpaired) electrons. The maximum atomic E-state index is 11.9. The molecular formula is C17H16BrN3O2. The lowest BCUT2D eigenvalue weighted by atomic mass is 10.1. The van der Waals surface area contributed by atoms with Crippen molar-refractivity contribution in [1.82, 2.24) is 5.43 Å². The van der Waals surface area contributed by atoms with Crippen LogP contribution in [-0.2, 0) is 9.59 Å². The number of anilines is 1. The van der Waals surface area contributed by atoms with Gasteiger partial charge in [-0.15, -0.1) is 0 Å². The highest BCUT2D eigenvalue weighted by Gasteiger charge is 2.13. The Bertz CT molecular complexity index is 755. The summed E-state index contributed by atoms with van der Waals surface area (Å²) >= 11 is 3.33. The van der Waals surface area contributed by atoms with Crippen molar-refractivity contribution in [3.63, 3.8) is 0 Å². The molecule has 2 N–H and O–H groups in total. The quantitative estimate of drug-likeness (QED) is 0.492. The molecule has 0 saturated heterocycles. The lowest BCUT2D eigenvalue weighted by Crippen LogP contribution is -2.32. The van der Waals surface area contributed by atoms with Crippen LogP contribution < -0.4 is 10.7 Å². The average molecular weight is 374 g/mol. The molecule has 0 heterocycles. The van der Waals surface area contributed by atoms with E-state index in [4.69, 9.17) is 0 Å². The van der Waals surface area contributed by atoms with Crippen LogP contribution in [0.1, 0.15) is 16.7 Å². The predicted molar refractivity (Wildman–Crippen MR) is 94.4 cm³/mol. The summed E-state index contributed by atoms with van der Waals surface area (Å²) in [6.45, 7) is 3.77. The summed E-state index contributed by atoms with van der Waals surface area (Å²) in [6, 6.07) is 13.0. The first kappa shape index (κ1) is 16.9. The van der Waals surface area contributed by atoms with Crippen molar-refractivity contribution >= 4 is 39.6 Å². The minimum atomic E-state index is -0.820. The van der Waals surface area contributed by atoms with Gasteiger partial charge in [-0.3, -0.25) is 9.59 Å². The van der Waals surface area contributed by atoms with Crippen molar-refractivity contribution in [3.05, 3.63) is 63.6 Å². The minimum absolute atomic E-state index is 0.613. The number of aryl methyl sites for hydroxylation is 2. The number of benzene rings is 2. The second-order valence-electron chi connectivity index (χ2n) is 5.02. The van der Waals surface area contributed by atoms with Crippen LogP contribution in [0, 0.1) is 13.8 Å². The van der Waals surface area contributed by atoms with Crippen LogP contribution in [-0.4, -0.2) is 18.0 Å². The SMILES string of the molecule is Cc1ccc(C)c(NC(=O)C(=O)N/N=C/c2ccc(Br)cc2)c1. The monoisotopic (exact) mass is 373 g/mol. The summed E-state index contributed by atoms with van der Waals surface area (Å²) < 4.78 is 0.951. The predicted octanol–water partition coefficient (Wildman–Crippen LogP) is 3.15. The lowest BCUT2D eigenvalue weighted by Gasteiger charge is -2.08. The van der Waals surface area contributed by atoms with Crippen LogP contribution in [0.3, 0.4) is 0 Å². The minimum Gasteiger partial charge on any atom is -0.317 e. The Morgan fingerprint density at radius 2 is 1.74 bits per heavy atom. The topological polar surface area (TPSA) is 70.6 Å². The van der Waals surface area contributed by atoms with Crippen molar-refractivity contribution in [2.75, 3.05) is 5.32 Å². The Balaban J connectivity index is 1.93. The summed E-state index contributed by atoms with van der Waals surface area (Å²) in [6.07, 6.45) is 1.47. The van der Waals surface area contributed by atoms with Gasteiger partial charge in [0.1, 0.15) is 0 Å². The van der Waals surface area contributed by atoms with Gasteiger partial charge < -0.3 is 5.32 Å². The second kappa shape index (κ2) is 7.69. The van der Waals surface area contributed by atoms with Crippen LogP contribution >= 0.6 is 15.9 Å². The van der Waals surface area contributed by atoms with E-state index in [1.165, 1.54) is 6.21 Å². The van der Waals surface area contributed by atoms with E-state index in [1.54, 1.807) is 0 Å². The fourth-order valence-electron chi connectivity index (χ4n) is 1.81. The summed E-state index contributed by atoms with van der Waals surface area (Å²) in [5, 5.41) is 6.35. The number of hydrogen-bond acceptors (Lipinski definition) is 3. The standard InChI is InChI=1S/C17H16BrN3O2/c1-11-3-4-12(2)15(9-11)20-16(22)17(23)21-19-10-13-5-7-14(18)8-6-13/h3-10H,1-2H3,(H,20,22)(H,21,23)/b19-10+. The van der Waals surface area contributed by atoms with E-state index in [2.05, 4.69) is 31.8 Å². The molecular weight excluding hydrogens is 358 g/mol. The summed E-state index contributed by atoms with van der Waals surface area (Å²) in [5.74, 6) is -1.58. The molecule has 2 aromatic rings. The van der Waals surface area contributed by atoms with Crippen LogP contribution in [0.4, 0.5) is 5.69 Å². The molecule has 6 heteroatoms. The molecule has 5 nitrogen and oxygen atoms in total. The van der Waals surface area contributed by atoms with Gasteiger partial charge in [-0.25, -0.2) is 5.43 Å². The second-order valence-corrected chi connectivity index (χ2v) is 5.94. The van der Waals surface area contributed by atoms with E-state index < -0.39 is 11.8 Å². The molecule has 0 spiro atoms. The number of carbonyl (C=O) groups excluding carboxylic acids is 2. The first-order chi connectivity index (χ1) is 11.0. The molecule has 0 bridgehead atoms. The highest BCUT2D eigenvalue weighted by Crippen LogP contribution is 2.16. The van der Waals surface area contributed by atoms with Gasteiger partial charge in [0.25, 0.3) is 0 Å². The maximum Gasteiger partial charge on any atom is 0.329 e. The largest absolute Gasteiger partial charge is 0.329 e. The third-order valence-corrected chi connectivity index (χ3v) is 3.63. The highest BCUT2D eigenvalue weighted by molar-refractivity contribution is 9.10. The molecule has 0 fully saturated rings. The Morgan fingerprint density at radius 1 is 1.04 bits per heavy atom. The number of hydrazone groups is 1. The van der Waals surface area contributed by atoms with E-state index >= 15 is 0 Å². The molecule has 0 saturated carbocycles. The number of amides is 2. The average Bonchev–Trinajstić information content (AvgIpc) is 2.52. The first-order valence-corrected chi connectivity index (χ1v) is 7.72. The summed E-state index contributed by atoms with van der Waals surface area (Å²) in [5.41, 5.74) is 5.51. The van der Waals surface area contributed by atoms with Crippen molar-refractivity contribution < 1.29 is 9.59 Å². The number of rotatable bonds is 3. The zero-order chi connectivity index (χ0) is 16.8. The van der Waals surface area contributed by atoms with Gasteiger partial charge in [-0.05, 0) is 48.7 Å². The van der Waals surface area contributed by atoms with E-state index in [0.717, 1.165) is 21.2 Å². The number of halogens is 1. The van der Waals surface area contributed by atoms with Gasteiger partial charge in [0.15, 0.2) is 0 Å². The molecule has 0 atom stereocenters. The Kier molecular flexibility index (Phi) is 5.65. The van der Waals surface area contributed by atoms with Crippen LogP contribution in [0.5, 0.6) is 0 Å². The van der Waals surface area contributed by atoms with Gasteiger partial charge in [0.05, 0.1) is 6.21 Å². The smallest absolute Gasteiger partial charge is 0.317 e. The molecule has 0 aliphatic carbocycles. The van der Waals surface area contributed by atoms with Crippen molar-refractivity contribution in [2.45, 2.75) is 13.8 Å². The van der Waals surface area contributed by atoms with E-state index in [9.17, 15) is 9.59 Å².